The van der Waals surface area contributed by atoms with E-state index in [1.807, 2.05) is 42.9 Å². The Hall–Kier alpha value is -2.48. The van der Waals surface area contributed by atoms with Crippen LogP contribution in [0.15, 0.2) is 48.8 Å². The fourth-order valence-electron chi connectivity index (χ4n) is 3.84. The molecule has 0 spiro atoms. The Morgan fingerprint density at radius 3 is 2.50 bits per heavy atom. The van der Waals surface area contributed by atoms with Crippen LogP contribution in [0.2, 0.25) is 0 Å². The highest BCUT2D eigenvalue weighted by molar-refractivity contribution is 7.15. The second kappa shape index (κ2) is 9.12. The lowest BCUT2D eigenvalue weighted by Gasteiger charge is -2.35. The van der Waals surface area contributed by atoms with E-state index in [1.165, 1.54) is 12.1 Å². The van der Waals surface area contributed by atoms with Crippen LogP contribution in [0.1, 0.15) is 32.4 Å². The lowest BCUT2D eigenvalue weighted by atomic mass is 10.0. The summed E-state index contributed by atoms with van der Waals surface area (Å²) in [6.07, 6.45) is 3.91. The van der Waals surface area contributed by atoms with E-state index in [-0.39, 0.29) is 17.8 Å². The number of benzene rings is 1. The number of nitrogens with zero attached hydrogens (tertiary/aromatic N) is 2. The van der Waals surface area contributed by atoms with Crippen LogP contribution in [0, 0.1) is 19.7 Å². The number of thiophene rings is 1. The third-order valence-corrected chi connectivity index (χ3v) is 6.85. The van der Waals surface area contributed by atoms with Gasteiger partial charge in [-0.15, -0.1) is 11.3 Å². The maximum absolute atomic E-state index is 13.4. The molecule has 0 bridgehead atoms. The molecule has 0 aliphatic carbocycles. The van der Waals surface area contributed by atoms with E-state index in [0.29, 0.717) is 25.3 Å². The summed E-state index contributed by atoms with van der Waals surface area (Å²) in [5.74, 6) is -0.342. The number of amides is 1. The number of morpholine rings is 1. The normalized spacial score (nSPS) is 15.8. The zero-order valence-electron chi connectivity index (χ0n) is 17.2. The van der Waals surface area contributed by atoms with E-state index in [4.69, 9.17) is 4.74 Å². The van der Waals surface area contributed by atoms with Gasteiger partial charge in [-0.3, -0.25) is 9.69 Å². The second-order valence-electron chi connectivity index (χ2n) is 7.48. The molecule has 158 valence electrons. The summed E-state index contributed by atoms with van der Waals surface area (Å²) < 4.78 is 20.9. The van der Waals surface area contributed by atoms with Crippen molar-refractivity contribution in [2.45, 2.75) is 19.9 Å². The Kier molecular flexibility index (Phi) is 6.32. The van der Waals surface area contributed by atoms with Gasteiger partial charge < -0.3 is 14.6 Å². The van der Waals surface area contributed by atoms with Crippen LogP contribution in [0.3, 0.4) is 0 Å². The highest BCUT2D eigenvalue weighted by Crippen LogP contribution is 2.31. The molecule has 0 unspecified atom stereocenters. The van der Waals surface area contributed by atoms with Crippen molar-refractivity contribution in [1.82, 2.24) is 14.8 Å². The average Bonchev–Trinajstić information content (AvgIpc) is 3.39. The Balaban J connectivity index is 1.57. The van der Waals surface area contributed by atoms with E-state index in [0.717, 1.165) is 34.1 Å². The molecule has 3 heterocycles. The number of ether oxygens (including phenoxy) is 1. The zero-order valence-corrected chi connectivity index (χ0v) is 18.0. The molecule has 2 aromatic heterocycles. The molecule has 1 saturated heterocycles. The minimum Gasteiger partial charge on any atom is -0.379 e. The van der Waals surface area contributed by atoms with Crippen LogP contribution >= 0.6 is 11.3 Å². The number of halogens is 1. The maximum atomic E-state index is 13.4. The van der Waals surface area contributed by atoms with Crippen molar-refractivity contribution in [2.75, 3.05) is 32.8 Å². The Labute approximate surface area is 180 Å². The molecule has 1 N–H and O–H groups in total. The van der Waals surface area contributed by atoms with Crippen LogP contribution in [-0.4, -0.2) is 48.2 Å². The van der Waals surface area contributed by atoms with Gasteiger partial charge in [-0.2, -0.15) is 0 Å². The lowest BCUT2D eigenvalue weighted by Crippen LogP contribution is -2.44. The fraction of sp³-hybridized carbons (Fsp3) is 0.348. The predicted octanol–water partition coefficient (Wildman–Crippen LogP) is 4.10. The molecule has 0 saturated carbocycles. The minimum absolute atomic E-state index is 0.0338. The van der Waals surface area contributed by atoms with Crippen molar-refractivity contribution < 1.29 is 13.9 Å². The van der Waals surface area contributed by atoms with Gasteiger partial charge in [0.15, 0.2) is 0 Å². The minimum atomic E-state index is -0.260. The van der Waals surface area contributed by atoms with E-state index < -0.39 is 0 Å². The van der Waals surface area contributed by atoms with Gasteiger partial charge in [-0.1, -0.05) is 12.1 Å². The summed E-state index contributed by atoms with van der Waals surface area (Å²) in [6, 6.07) is 10.4. The van der Waals surface area contributed by atoms with Gasteiger partial charge in [-0.05, 0) is 49.2 Å². The lowest BCUT2D eigenvalue weighted by molar-refractivity contribution is 0.0162. The molecule has 7 heteroatoms. The number of hydrogen-bond donors (Lipinski definition) is 1. The third kappa shape index (κ3) is 4.33. The van der Waals surface area contributed by atoms with Crippen LogP contribution < -0.4 is 5.32 Å². The molecule has 30 heavy (non-hydrogen) atoms. The monoisotopic (exact) mass is 427 g/mol. The third-order valence-electron chi connectivity index (χ3n) is 5.63. The predicted molar refractivity (Wildman–Crippen MR) is 117 cm³/mol. The quantitative estimate of drug-likeness (QED) is 0.644. The highest BCUT2D eigenvalue weighted by Gasteiger charge is 2.25. The number of carbonyl (C=O) groups excluding carboxylic acids is 1. The first kappa shape index (κ1) is 20.8. The highest BCUT2D eigenvalue weighted by atomic mass is 32.1. The summed E-state index contributed by atoms with van der Waals surface area (Å²) in [6.45, 7) is 7.36. The van der Waals surface area contributed by atoms with Crippen molar-refractivity contribution in [1.29, 1.82) is 0 Å². The fourth-order valence-corrected chi connectivity index (χ4v) is 4.96. The number of aromatic nitrogens is 1. The standard InChI is InChI=1S/C23H26FN3O2S/c1-16-17(2)30-23(27-9-3-4-10-27)21(16)22(28)25-15-20(26-11-13-29-14-12-26)18-5-7-19(24)8-6-18/h3-10,20H,11-15H2,1-2H3,(H,25,28)/t20-/m0/s1. The number of rotatable bonds is 6. The van der Waals surface area contributed by atoms with Gasteiger partial charge in [0, 0.05) is 36.9 Å². The Morgan fingerprint density at radius 1 is 1.17 bits per heavy atom. The maximum Gasteiger partial charge on any atom is 0.254 e. The van der Waals surface area contributed by atoms with Crippen molar-refractivity contribution in [3.63, 3.8) is 0 Å². The van der Waals surface area contributed by atoms with E-state index in [1.54, 1.807) is 23.5 Å². The summed E-state index contributed by atoms with van der Waals surface area (Å²) in [4.78, 5) is 16.7. The van der Waals surface area contributed by atoms with Gasteiger partial charge in [0.25, 0.3) is 5.91 Å². The number of hydrogen-bond acceptors (Lipinski definition) is 4. The molecular weight excluding hydrogens is 401 g/mol. The number of nitrogens with one attached hydrogen (secondary N) is 1. The van der Waals surface area contributed by atoms with Crippen LogP contribution in [0.25, 0.3) is 5.00 Å². The average molecular weight is 428 g/mol. The zero-order chi connectivity index (χ0) is 21.1. The SMILES string of the molecule is Cc1sc(-n2cccc2)c(C(=O)NC[C@@H](c2ccc(F)cc2)N2CCOCC2)c1C. The second-order valence-corrected chi connectivity index (χ2v) is 8.68. The van der Waals surface area contributed by atoms with Gasteiger partial charge in [-0.25, -0.2) is 4.39 Å². The van der Waals surface area contributed by atoms with Gasteiger partial charge in [0.05, 0.1) is 24.8 Å². The molecule has 3 aromatic rings. The van der Waals surface area contributed by atoms with Crippen LogP contribution in [0.4, 0.5) is 4.39 Å². The summed E-state index contributed by atoms with van der Waals surface area (Å²) in [5.41, 5.74) is 2.71. The largest absolute Gasteiger partial charge is 0.379 e. The van der Waals surface area contributed by atoms with Crippen molar-refractivity contribution >= 4 is 17.2 Å². The molecule has 1 aliphatic rings. The van der Waals surface area contributed by atoms with E-state index in [2.05, 4.69) is 10.2 Å². The molecule has 0 radical (unpaired) electrons. The van der Waals surface area contributed by atoms with Gasteiger partial charge >= 0.3 is 0 Å². The number of aryl methyl sites for hydroxylation is 1. The molecule has 1 fully saturated rings. The van der Waals surface area contributed by atoms with Crippen molar-refractivity contribution in [3.8, 4) is 5.00 Å². The molecule has 1 aliphatic heterocycles. The molecule has 4 rings (SSSR count). The van der Waals surface area contributed by atoms with Crippen LogP contribution in [0.5, 0.6) is 0 Å². The molecule has 5 nitrogen and oxygen atoms in total. The molecular formula is C23H26FN3O2S. The van der Waals surface area contributed by atoms with E-state index in [9.17, 15) is 9.18 Å². The first-order valence-electron chi connectivity index (χ1n) is 10.1. The van der Waals surface area contributed by atoms with Gasteiger partial charge in [0.1, 0.15) is 10.8 Å². The van der Waals surface area contributed by atoms with Crippen LogP contribution in [-0.2, 0) is 4.74 Å². The van der Waals surface area contributed by atoms with Crippen molar-refractivity contribution in [3.05, 3.63) is 76.2 Å². The first-order chi connectivity index (χ1) is 14.5. The smallest absolute Gasteiger partial charge is 0.254 e. The summed E-state index contributed by atoms with van der Waals surface area (Å²) in [7, 11) is 0. The van der Waals surface area contributed by atoms with Gasteiger partial charge in [0.2, 0.25) is 0 Å². The molecule has 1 atom stereocenters. The first-order valence-corrected chi connectivity index (χ1v) is 10.9. The number of carbonyl (C=O) groups is 1. The molecule has 1 amide bonds. The van der Waals surface area contributed by atoms with Crippen molar-refractivity contribution in [2.24, 2.45) is 0 Å². The Morgan fingerprint density at radius 2 is 1.83 bits per heavy atom. The van der Waals surface area contributed by atoms with E-state index >= 15 is 0 Å². The summed E-state index contributed by atoms with van der Waals surface area (Å²) >= 11 is 1.62. The molecule has 1 aromatic carbocycles. The topological polar surface area (TPSA) is 46.5 Å². The Bertz CT molecular complexity index is 992. The summed E-state index contributed by atoms with van der Waals surface area (Å²) in [5, 5.41) is 4.07.